The maximum absolute atomic E-state index is 14.4. The SMILES string of the molecule is O=C(Nc1nc2ccc(-c3c(C(F)(F)F)c(F)cc4[nH]ncc34)cc2s1)C1C[C@@H]1F. The molecule has 0 aliphatic heterocycles. The maximum Gasteiger partial charge on any atom is 0.419 e. The number of aromatic nitrogens is 3. The van der Waals surface area contributed by atoms with Crippen molar-refractivity contribution < 1.29 is 26.7 Å². The predicted octanol–water partition coefficient (Wildman–Crippen LogP) is 5.29. The van der Waals surface area contributed by atoms with Gasteiger partial charge in [-0.15, -0.1) is 0 Å². The first-order valence-corrected chi connectivity index (χ1v) is 9.62. The van der Waals surface area contributed by atoms with Crippen molar-refractivity contribution in [3.05, 3.63) is 41.8 Å². The highest BCUT2D eigenvalue weighted by molar-refractivity contribution is 7.22. The number of nitrogens with one attached hydrogen (secondary N) is 2. The Labute approximate surface area is 168 Å². The molecule has 5 rings (SSSR count). The number of amides is 1. The summed E-state index contributed by atoms with van der Waals surface area (Å²) in [6.45, 7) is 0. The zero-order valence-electron chi connectivity index (χ0n) is 14.8. The van der Waals surface area contributed by atoms with Crippen LogP contribution in [0, 0.1) is 11.7 Å². The van der Waals surface area contributed by atoms with Crippen LogP contribution in [-0.4, -0.2) is 27.3 Å². The van der Waals surface area contributed by atoms with Crippen LogP contribution in [0.3, 0.4) is 0 Å². The van der Waals surface area contributed by atoms with E-state index in [1.165, 1.54) is 24.4 Å². The largest absolute Gasteiger partial charge is 0.419 e. The second-order valence-corrected chi connectivity index (χ2v) is 8.02. The Morgan fingerprint density at radius 3 is 2.73 bits per heavy atom. The van der Waals surface area contributed by atoms with E-state index < -0.39 is 35.6 Å². The second kappa shape index (κ2) is 6.46. The highest BCUT2D eigenvalue weighted by Crippen LogP contribution is 2.44. The number of halogens is 5. The number of fused-ring (bicyclic) bond motifs is 2. The Balaban J connectivity index is 1.62. The van der Waals surface area contributed by atoms with Crippen molar-refractivity contribution in [1.82, 2.24) is 15.2 Å². The summed E-state index contributed by atoms with van der Waals surface area (Å²) in [4.78, 5) is 16.1. The number of benzene rings is 2. The standard InChI is InChI=1S/C19H11F5N4OS/c20-10-4-8(10)17(29)27-18-26-12-2-1-7(3-14(12)30-18)15-9-6-25-28-13(9)5-11(21)16(15)19(22,23)24/h1-3,5-6,8,10H,4H2,(H,25,28)(H,26,27,29)/t8?,10-/m0/s1. The molecular weight excluding hydrogens is 427 g/mol. The molecule has 1 aliphatic rings. The molecule has 1 aliphatic carbocycles. The van der Waals surface area contributed by atoms with E-state index >= 15 is 0 Å². The van der Waals surface area contributed by atoms with Crippen LogP contribution in [0.4, 0.5) is 27.1 Å². The average Bonchev–Trinajstić information content (AvgIpc) is 3.05. The van der Waals surface area contributed by atoms with Crippen molar-refractivity contribution in [1.29, 1.82) is 0 Å². The van der Waals surface area contributed by atoms with Gasteiger partial charge in [-0.2, -0.15) is 18.3 Å². The topological polar surface area (TPSA) is 70.7 Å². The molecule has 30 heavy (non-hydrogen) atoms. The van der Waals surface area contributed by atoms with Crippen LogP contribution in [0.2, 0.25) is 0 Å². The number of hydrogen-bond acceptors (Lipinski definition) is 4. The van der Waals surface area contributed by atoms with E-state index in [0.29, 0.717) is 10.2 Å². The van der Waals surface area contributed by atoms with Crippen LogP contribution in [0.5, 0.6) is 0 Å². The first-order chi connectivity index (χ1) is 14.2. The lowest BCUT2D eigenvalue weighted by Crippen LogP contribution is -2.14. The van der Waals surface area contributed by atoms with E-state index in [2.05, 4.69) is 20.5 Å². The molecule has 0 radical (unpaired) electrons. The van der Waals surface area contributed by atoms with Crippen molar-refractivity contribution >= 4 is 43.5 Å². The van der Waals surface area contributed by atoms with Crippen molar-refractivity contribution in [2.75, 3.05) is 5.32 Å². The van der Waals surface area contributed by atoms with Gasteiger partial charge in [0.25, 0.3) is 0 Å². The minimum atomic E-state index is -4.92. The van der Waals surface area contributed by atoms with E-state index in [-0.39, 0.29) is 33.6 Å². The molecule has 154 valence electrons. The summed E-state index contributed by atoms with van der Waals surface area (Å²) in [7, 11) is 0. The number of thiazole rings is 1. The van der Waals surface area contributed by atoms with Gasteiger partial charge in [-0.05, 0) is 24.1 Å². The molecule has 2 aromatic heterocycles. The summed E-state index contributed by atoms with van der Waals surface area (Å²) in [6.07, 6.45) is -4.69. The molecule has 1 fully saturated rings. The molecule has 0 bridgehead atoms. The van der Waals surface area contributed by atoms with Gasteiger partial charge in [0.15, 0.2) is 5.13 Å². The first-order valence-electron chi connectivity index (χ1n) is 8.81. The third-order valence-electron chi connectivity index (χ3n) is 4.94. The quantitative estimate of drug-likeness (QED) is 0.427. The molecule has 2 heterocycles. The highest BCUT2D eigenvalue weighted by atomic mass is 32.1. The van der Waals surface area contributed by atoms with Crippen LogP contribution < -0.4 is 5.32 Å². The number of aromatic amines is 1. The van der Waals surface area contributed by atoms with Crippen molar-refractivity contribution in [2.45, 2.75) is 18.8 Å². The zero-order chi connectivity index (χ0) is 21.2. The Hall–Kier alpha value is -3.08. The number of rotatable bonds is 3. The summed E-state index contributed by atoms with van der Waals surface area (Å²) in [6, 6.07) is 5.11. The van der Waals surface area contributed by atoms with Gasteiger partial charge >= 0.3 is 6.18 Å². The van der Waals surface area contributed by atoms with E-state index in [1.54, 1.807) is 0 Å². The summed E-state index contributed by atoms with van der Waals surface area (Å²) in [5, 5.41) is 9.09. The number of anilines is 1. The molecule has 2 aromatic carbocycles. The minimum Gasteiger partial charge on any atom is -0.302 e. The van der Waals surface area contributed by atoms with Crippen LogP contribution in [0.25, 0.3) is 32.2 Å². The van der Waals surface area contributed by atoms with Crippen LogP contribution in [0.1, 0.15) is 12.0 Å². The van der Waals surface area contributed by atoms with E-state index in [1.807, 2.05) is 0 Å². The predicted molar refractivity (Wildman–Crippen MR) is 101 cm³/mol. The second-order valence-electron chi connectivity index (χ2n) is 6.99. The van der Waals surface area contributed by atoms with Gasteiger partial charge in [-0.3, -0.25) is 9.89 Å². The Morgan fingerprint density at radius 1 is 1.27 bits per heavy atom. The molecule has 1 saturated carbocycles. The fraction of sp³-hybridized carbons (Fsp3) is 0.211. The van der Waals surface area contributed by atoms with Crippen LogP contribution >= 0.6 is 11.3 Å². The van der Waals surface area contributed by atoms with Gasteiger partial charge in [-0.1, -0.05) is 17.4 Å². The van der Waals surface area contributed by atoms with Gasteiger partial charge < -0.3 is 5.32 Å². The highest BCUT2D eigenvalue weighted by Gasteiger charge is 2.44. The molecule has 1 amide bonds. The number of carbonyl (C=O) groups is 1. The summed E-state index contributed by atoms with van der Waals surface area (Å²) in [5.41, 5.74) is -0.992. The molecule has 1 unspecified atom stereocenters. The lowest BCUT2D eigenvalue weighted by molar-refractivity contribution is -0.139. The lowest BCUT2D eigenvalue weighted by atomic mass is 9.95. The van der Waals surface area contributed by atoms with Gasteiger partial charge in [0.1, 0.15) is 12.0 Å². The van der Waals surface area contributed by atoms with Crippen LogP contribution in [-0.2, 0) is 11.0 Å². The number of nitrogens with zero attached hydrogens (tertiary/aromatic N) is 2. The van der Waals surface area contributed by atoms with Crippen molar-refractivity contribution in [3.63, 3.8) is 0 Å². The Morgan fingerprint density at radius 2 is 2.03 bits per heavy atom. The Kier molecular flexibility index (Phi) is 4.07. The van der Waals surface area contributed by atoms with Gasteiger partial charge in [0, 0.05) is 17.0 Å². The number of H-pyrrole nitrogens is 1. The molecule has 2 atom stereocenters. The molecule has 0 spiro atoms. The molecular formula is C19H11F5N4OS. The lowest BCUT2D eigenvalue weighted by Gasteiger charge is -2.15. The monoisotopic (exact) mass is 438 g/mol. The third kappa shape index (κ3) is 3.09. The van der Waals surface area contributed by atoms with Gasteiger partial charge in [0.2, 0.25) is 5.91 Å². The van der Waals surface area contributed by atoms with E-state index in [0.717, 1.165) is 17.4 Å². The number of hydrogen-bond donors (Lipinski definition) is 2. The number of alkyl halides is 4. The summed E-state index contributed by atoms with van der Waals surface area (Å²) >= 11 is 1.04. The minimum absolute atomic E-state index is 0.129. The van der Waals surface area contributed by atoms with E-state index in [4.69, 9.17) is 0 Å². The molecule has 5 nitrogen and oxygen atoms in total. The van der Waals surface area contributed by atoms with Crippen molar-refractivity contribution in [3.8, 4) is 11.1 Å². The fourth-order valence-electron chi connectivity index (χ4n) is 3.40. The maximum atomic E-state index is 14.4. The molecule has 2 N–H and O–H groups in total. The zero-order valence-corrected chi connectivity index (χ0v) is 15.7. The summed E-state index contributed by atoms with van der Waals surface area (Å²) < 4.78 is 68.8. The van der Waals surface area contributed by atoms with Gasteiger partial charge in [-0.25, -0.2) is 13.8 Å². The van der Waals surface area contributed by atoms with Crippen LogP contribution in [0.15, 0.2) is 30.5 Å². The van der Waals surface area contributed by atoms with E-state index in [9.17, 15) is 26.7 Å². The summed E-state index contributed by atoms with van der Waals surface area (Å²) in [5.74, 6) is -2.58. The van der Waals surface area contributed by atoms with Crippen molar-refractivity contribution in [2.24, 2.45) is 5.92 Å². The van der Waals surface area contributed by atoms with Gasteiger partial charge in [0.05, 0.1) is 33.4 Å². The fourth-order valence-corrected chi connectivity index (χ4v) is 4.31. The Bertz CT molecular complexity index is 1310. The normalized spacial score (nSPS) is 18.8. The molecule has 4 aromatic rings. The molecule has 11 heteroatoms. The first kappa shape index (κ1) is 18.9. The smallest absolute Gasteiger partial charge is 0.302 e. The average molecular weight is 438 g/mol. The third-order valence-corrected chi connectivity index (χ3v) is 5.87. The number of carbonyl (C=O) groups excluding carboxylic acids is 1. The molecule has 0 saturated heterocycles.